The minimum atomic E-state index is -0.287. The van der Waals surface area contributed by atoms with Crippen molar-refractivity contribution in [1.29, 1.82) is 0 Å². The first-order valence-corrected chi connectivity index (χ1v) is 8.70. The minimum Gasteiger partial charge on any atom is -0.396 e. The summed E-state index contributed by atoms with van der Waals surface area (Å²) < 4.78 is 13.0. The van der Waals surface area contributed by atoms with Crippen LogP contribution in [0.5, 0.6) is 0 Å². The van der Waals surface area contributed by atoms with Crippen LogP contribution in [-0.4, -0.2) is 40.1 Å². The molecule has 1 fully saturated rings. The van der Waals surface area contributed by atoms with Gasteiger partial charge in [0.2, 0.25) is 0 Å². The number of benzene rings is 1. The normalized spacial score (nSPS) is 17.7. The molecule has 1 N–H and O–H groups in total. The molecule has 1 aliphatic rings. The number of thiazole rings is 1. The summed E-state index contributed by atoms with van der Waals surface area (Å²) in [5.41, 5.74) is 1.26. The maximum absolute atomic E-state index is 13.0. The third-order valence-corrected chi connectivity index (χ3v) is 5.04. The molecule has 1 aromatic carbocycles. The smallest absolute Gasteiger partial charge is 0.273 e. The van der Waals surface area contributed by atoms with Crippen LogP contribution in [-0.2, 0) is 0 Å². The summed E-state index contributed by atoms with van der Waals surface area (Å²) in [6.45, 7) is 0.905. The van der Waals surface area contributed by atoms with Crippen molar-refractivity contribution in [3.05, 3.63) is 41.2 Å². The molecule has 23 heavy (non-hydrogen) atoms. The minimum absolute atomic E-state index is 0.0462. The van der Waals surface area contributed by atoms with Gasteiger partial charge >= 0.3 is 0 Å². The molecule has 4 nitrogen and oxygen atoms in total. The van der Waals surface area contributed by atoms with Crippen LogP contribution >= 0.6 is 11.3 Å². The molecule has 1 saturated heterocycles. The SMILES string of the molecule is O=C(c1csc(-c2ccc(F)cc2)n1)N1CCCC1CCCO. The van der Waals surface area contributed by atoms with Gasteiger partial charge in [-0.05, 0) is 49.9 Å². The molecule has 6 heteroatoms. The molecule has 0 radical (unpaired) electrons. The van der Waals surface area contributed by atoms with Gasteiger partial charge in [-0.15, -0.1) is 11.3 Å². The van der Waals surface area contributed by atoms with Crippen molar-refractivity contribution >= 4 is 17.2 Å². The molecule has 1 unspecified atom stereocenters. The number of rotatable bonds is 5. The topological polar surface area (TPSA) is 53.4 Å². The van der Waals surface area contributed by atoms with Gasteiger partial charge in [-0.2, -0.15) is 0 Å². The van der Waals surface area contributed by atoms with Gasteiger partial charge in [-0.3, -0.25) is 4.79 Å². The quantitative estimate of drug-likeness (QED) is 0.912. The number of amides is 1. The van der Waals surface area contributed by atoms with Gasteiger partial charge in [0.05, 0.1) is 0 Å². The maximum atomic E-state index is 13.0. The third kappa shape index (κ3) is 3.59. The number of halogens is 1. The first-order chi connectivity index (χ1) is 11.2. The molecule has 0 spiro atoms. The van der Waals surface area contributed by atoms with Crippen LogP contribution in [0.3, 0.4) is 0 Å². The zero-order valence-electron chi connectivity index (χ0n) is 12.7. The van der Waals surface area contributed by atoms with Gasteiger partial charge in [0, 0.05) is 30.1 Å². The van der Waals surface area contributed by atoms with E-state index in [2.05, 4.69) is 4.98 Å². The predicted molar refractivity (Wildman–Crippen MR) is 87.9 cm³/mol. The van der Waals surface area contributed by atoms with Crippen molar-refractivity contribution in [2.45, 2.75) is 31.7 Å². The van der Waals surface area contributed by atoms with E-state index in [1.54, 1.807) is 17.5 Å². The van der Waals surface area contributed by atoms with Crippen LogP contribution in [0.1, 0.15) is 36.2 Å². The van der Waals surface area contributed by atoms with E-state index in [1.807, 2.05) is 4.90 Å². The monoisotopic (exact) mass is 334 g/mol. The molecule has 2 heterocycles. The molecule has 3 rings (SSSR count). The Labute approximate surface area is 138 Å². The first-order valence-electron chi connectivity index (χ1n) is 7.82. The molecule has 1 atom stereocenters. The molecule has 122 valence electrons. The van der Waals surface area contributed by atoms with E-state index in [0.29, 0.717) is 12.1 Å². The summed E-state index contributed by atoms with van der Waals surface area (Å²) >= 11 is 1.39. The highest BCUT2D eigenvalue weighted by Gasteiger charge is 2.30. The van der Waals surface area contributed by atoms with Crippen LogP contribution in [0.15, 0.2) is 29.6 Å². The molecule has 1 aliphatic heterocycles. The van der Waals surface area contributed by atoms with Crippen molar-refractivity contribution in [2.24, 2.45) is 0 Å². The number of aliphatic hydroxyl groups is 1. The first kappa shape index (κ1) is 16.1. The zero-order valence-corrected chi connectivity index (χ0v) is 13.6. The largest absolute Gasteiger partial charge is 0.396 e. The number of likely N-dealkylation sites (tertiary alicyclic amines) is 1. The van der Waals surface area contributed by atoms with Crippen LogP contribution < -0.4 is 0 Å². The lowest BCUT2D eigenvalue weighted by Gasteiger charge is -2.23. The Kier molecular flexibility index (Phi) is 5.03. The van der Waals surface area contributed by atoms with Gasteiger partial charge in [-0.1, -0.05) is 0 Å². The second-order valence-corrected chi connectivity index (χ2v) is 6.56. The number of aromatic nitrogens is 1. The van der Waals surface area contributed by atoms with E-state index < -0.39 is 0 Å². The van der Waals surface area contributed by atoms with E-state index in [0.717, 1.165) is 36.4 Å². The molecule has 2 aromatic rings. The van der Waals surface area contributed by atoms with Gasteiger partial charge < -0.3 is 10.0 Å². The molecular weight excluding hydrogens is 315 g/mol. The molecule has 1 aromatic heterocycles. The van der Waals surface area contributed by atoms with Crippen LogP contribution in [0, 0.1) is 5.82 Å². The van der Waals surface area contributed by atoms with E-state index in [4.69, 9.17) is 5.11 Å². The summed E-state index contributed by atoms with van der Waals surface area (Å²) in [4.78, 5) is 19.0. The van der Waals surface area contributed by atoms with Crippen molar-refractivity contribution in [1.82, 2.24) is 9.88 Å². The highest BCUT2D eigenvalue weighted by Crippen LogP contribution is 2.27. The maximum Gasteiger partial charge on any atom is 0.273 e. The van der Waals surface area contributed by atoms with Gasteiger partial charge in [-0.25, -0.2) is 9.37 Å². The summed E-state index contributed by atoms with van der Waals surface area (Å²) in [6.07, 6.45) is 3.53. The molecule has 0 bridgehead atoms. The van der Waals surface area contributed by atoms with Crippen LogP contribution in [0.4, 0.5) is 4.39 Å². The Hall–Kier alpha value is -1.79. The van der Waals surface area contributed by atoms with Crippen LogP contribution in [0.25, 0.3) is 10.6 Å². The fourth-order valence-electron chi connectivity index (χ4n) is 2.97. The van der Waals surface area contributed by atoms with Crippen molar-refractivity contribution in [3.63, 3.8) is 0 Å². The number of carbonyl (C=O) groups excluding carboxylic acids is 1. The fourth-order valence-corrected chi connectivity index (χ4v) is 3.77. The predicted octanol–water partition coefficient (Wildman–Crippen LogP) is 3.33. The second kappa shape index (κ2) is 7.19. The Morgan fingerprint density at radius 3 is 2.91 bits per heavy atom. The second-order valence-electron chi connectivity index (χ2n) is 5.71. The highest BCUT2D eigenvalue weighted by atomic mass is 32.1. The Morgan fingerprint density at radius 1 is 1.39 bits per heavy atom. The van der Waals surface area contributed by atoms with Crippen molar-refractivity contribution in [3.8, 4) is 10.6 Å². The third-order valence-electron chi connectivity index (χ3n) is 4.15. The summed E-state index contributed by atoms with van der Waals surface area (Å²) in [6, 6.07) is 6.32. The molecule has 0 saturated carbocycles. The van der Waals surface area contributed by atoms with E-state index in [-0.39, 0.29) is 24.4 Å². The highest BCUT2D eigenvalue weighted by molar-refractivity contribution is 7.13. The number of carbonyl (C=O) groups is 1. The number of hydrogen-bond donors (Lipinski definition) is 1. The van der Waals surface area contributed by atoms with Crippen molar-refractivity contribution < 1.29 is 14.3 Å². The number of hydrogen-bond acceptors (Lipinski definition) is 4. The van der Waals surface area contributed by atoms with Gasteiger partial charge in [0.1, 0.15) is 16.5 Å². The van der Waals surface area contributed by atoms with E-state index >= 15 is 0 Å². The standard InChI is InChI=1S/C17H19FN2O2S/c18-13-7-5-12(6-8-13)16-19-15(11-23-16)17(22)20-9-1-3-14(20)4-2-10-21/h5-8,11,14,21H,1-4,9-10H2. The summed E-state index contributed by atoms with van der Waals surface area (Å²) in [5.74, 6) is -0.333. The van der Waals surface area contributed by atoms with Crippen molar-refractivity contribution in [2.75, 3.05) is 13.2 Å². The van der Waals surface area contributed by atoms with E-state index in [1.165, 1.54) is 23.5 Å². The number of aliphatic hydroxyl groups excluding tert-OH is 1. The average molecular weight is 334 g/mol. The molecular formula is C17H19FN2O2S. The fraction of sp³-hybridized carbons (Fsp3) is 0.412. The van der Waals surface area contributed by atoms with Gasteiger partial charge in [0.15, 0.2) is 0 Å². The lowest BCUT2D eigenvalue weighted by atomic mass is 10.1. The molecule has 1 amide bonds. The Bertz CT molecular complexity index is 671. The summed E-state index contributed by atoms with van der Waals surface area (Å²) in [5, 5.41) is 11.5. The van der Waals surface area contributed by atoms with E-state index in [9.17, 15) is 9.18 Å². The average Bonchev–Trinajstić information content (AvgIpc) is 3.22. The Morgan fingerprint density at radius 2 is 2.17 bits per heavy atom. The van der Waals surface area contributed by atoms with Crippen LogP contribution in [0.2, 0.25) is 0 Å². The lowest BCUT2D eigenvalue weighted by molar-refractivity contribution is 0.0719. The molecule has 0 aliphatic carbocycles. The number of nitrogens with zero attached hydrogens (tertiary/aromatic N) is 2. The lowest BCUT2D eigenvalue weighted by Crippen LogP contribution is -2.35. The van der Waals surface area contributed by atoms with Gasteiger partial charge in [0.25, 0.3) is 5.91 Å². The Balaban J connectivity index is 1.74. The zero-order chi connectivity index (χ0) is 16.2. The summed E-state index contributed by atoms with van der Waals surface area (Å²) in [7, 11) is 0.